The van der Waals surface area contributed by atoms with Gasteiger partial charge in [-0.3, -0.25) is 0 Å². The van der Waals surface area contributed by atoms with Crippen LogP contribution in [0.25, 0.3) is 0 Å². The number of rotatable bonds is 5. The molecule has 0 saturated carbocycles. The standard InChI is InChI=1S/C13H16FNO/c1-2-3-6-15-9-12-8-10-7-11(14)4-5-13(10)16-12/h2,4-5,7,12,15H,1,3,6,8-9H2. The lowest BCUT2D eigenvalue weighted by Crippen LogP contribution is -2.30. The van der Waals surface area contributed by atoms with Crippen molar-refractivity contribution in [1.29, 1.82) is 0 Å². The molecule has 0 spiro atoms. The minimum Gasteiger partial charge on any atom is -0.488 e. The van der Waals surface area contributed by atoms with Gasteiger partial charge in [-0.05, 0) is 31.2 Å². The van der Waals surface area contributed by atoms with Crippen LogP contribution in [0.4, 0.5) is 4.39 Å². The van der Waals surface area contributed by atoms with Crippen LogP contribution in [-0.2, 0) is 6.42 Å². The van der Waals surface area contributed by atoms with E-state index in [4.69, 9.17) is 4.74 Å². The monoisotopic (exact) mass is 221 g/mol. The number of hydrogen-bond acceptors (Lipinski definition) is 2. The van der Waals surface area contributed by atoms with Crippen LogP contribution in [0.1, 0.15) is 12.0 Å². The van der Waals surface area contributed by atoms with Crippen molar-refractivity contribution in [2.75, 3.05) is 13.1 Å². The maximum Gasteiger partial charge on any atom is 0.123 e. The summed E-state index contributed by atoms with van der Waals surface area (Å²) in [5.74, 6) is 0.625. The van der Waals surface area contributed by atoms with Crippen molar-refractivity contribution >= 4 is 0 Å². The Bertz CT molecular complexity index is 378. The van der Waals surface area contributed by atoms with Crippen molar-refractivity contribution in [1.82, 2.24) is 5.32 Å². The molecule has 2 rings (SSSR count). The van der Waals surface area contributed by atoms with Crippen LogP contribution in [-0.4, -0.2) is 19.2 Å². The lowest BCUT2D eigenvalue weighted by atomic mass is 10.1. The predicted molar refractivity (Wildman–Crippen MR) is 62.2 cm³/mol. The molecule has 0 bridgehead atoms. The molecule has 86 valence electrons. The van der Waals surface area contributed by atoms with Gasteiger partial charge in [0.15, 0.2) is 0 Å². The van der Waals surface area contributed by atoms with E-state index in [1.807, 2.05) is 6.08 Å². The summed E-state index contributed by atoms with van der Waals surface area (Å²) in [7, 11) is 0. The largest absolute Gasteiger partial charge is 0.488 e. The van der Waals surface area contributed by atoms with Crippen LogP contribution in [0, 0.1) is 5.82 Å². The summed E-state index contributed by atoms with van der Waals surface area (Å²) < 4.78 is 18.6. The van der Waals surface area contributed by atoms with Crippen molar-refractivity contribution < 1.29 is 9.13 Å². The first kappa shape index (κ1) is 11.1. The highest BCUT2D eigenvalue weighted by atomic mass is 19.1. The van der Waals surface area contributed by atoms with Gasteiger partial charge >= 0.3 is 0 Å². The second kappa shape index (κ2) is 5.12. The number of nitrogens with one attached hydrogen (secondary N) is 1. The average Bonchev–Trinajstić information content (AvgIpc) is 2.66. The molecule has 1 aromatic carbocycles. The summed E-state index contributed by atoms with van der Waals surface area (Å²) in [5.41, 5.74) is 0.968. The molecule has 2 nitrogen and oxygen atoms in total. The highest BCUT2D eigenvalue weighted by Crippen LogP contribution is 2.28. The molecular formula is C13H16FNO. The van der Waals surface area contributed by atoms with Gasteiger partial charge in [-0.1, -0.05) is 6.08 Å². The lowest BCUT2D eigenvalue weighted by molar-refractivity contribution is 0.228. The zero-order valence-corrected chi connectivity index (χ0v) is 9.21. The smallest absolute Gasteiger partial charge is 0.123 e. The van der Waals surface area contributed by atoms with Gasteiger partial charge in [-0.15, -0.1) is 6.58 Å². The first-order valence-corrected chi connectivity index (χ1v) is 5.56. The SMILES string of the molecule is C=CCCNCC1Cc2cc(F)ccc2O1. The Kier molecular flexibility index (Phi) is 3.57. The second-order valence-corrected chi connectivity index (χ2v) is 3.98. The third-order valence-corrected chi connectivity index (χ3v) is 2.66. The van der Waals surface area contributed by atoms with Gasteiger partial charge < -0.3 is 10.1 Å². The van der Waals surface area contributed by atoms with Crippen LogP contribution in [0.15, 0.2) is 30.9 Å². The molecule has 1 aliphatic rings. The van der Waals surface area contributed by atoms with E-state index in [-0.39, 0.29) is 11.9 Å². The Morgan fingerprint density at radius 1 is 1.56 bits per heavy atom. The summed E-state index contributed by atoms with van der Waals surface area (Å²) in [6.45, 7) is 5.37. The van der Waals surface area contributed by atoms with E-state index in [0.717, 1.165) is 37.2 Å². The molecule has 1 N–H and O–H groups in total. The topological polar surface area (TPSA) is 21.3 Å². The van der Waals surface area contributed by atoms with E-state index >= 15 is 0 Å². The van der Waals surface area contributed by atoms with Crippen molar-refractivity contribution in [3.8, 4) is 5.75 Å². The maximum absolute atomic E-state index is 13.0. The third-order valence-electron chi connectivity index (χ3n) is 2.66. The normalized spacial score (nSPS) is 17.9. The Balaban J connectivity index is 1.83. The number of ether oxygens (including phenoxy) is 1. The van der Waals surface area contributed by atoms with Crippen LogP contribution in [0.2, 0.25) is 0 Å². The van der Waals surface area contributed by atoms with Gasteiger partial charge in [0, 0.05) is 18.5 Å². The van der Waals surface area contributed by atoms with Gasteiger partial charge in [0.05, 0.1) is 0 Å². The molecule has 0 aliphatic carbocycles. The molecule has 16 heavy (non-hydrogen) atoms. The number of hydrogen-bond donors (Lipinski definition) is 1. The fourth-order valence-electron chi connectivity index (χ4n) is 1.87. The zero-order chi connectivity index (χ0) is 11.4. The summed E-state index contributed by atoms with van der Waals surface area (Å²) >= 11 is 0. The molecular weight excluding hydrogens is 205 g/mol. The van der Waals surface area contributed by atoms with Crippen molar-refractivity contribution in [3.63, 3.8) is 0 Å². The fraction of sp³-hybridized carbons (Fsp3) is 0.385. The summed E-state index contributed by atoms with van der Waals surface area (Å²) in [6.07, 6.45) is 3.75. The van der Waals surface area contributed by atoms with E-state index in [1.54, 1.807) is 12.1 Å². The van der Waals surface area contributed by atoms with Crippen molar-refractivity contribution in [2.45, 2.75) is 18.9 Å². The van der Waals surface area contributed by atoms with Crippen molar-refractivity contribution in [2.24, 2.45) is 0 Å². The first-order valence-electron chi connectivity index (χ1n) is 5.56. The van der Waals surface area contributed by atoms with Gasteiger partial charge in [0.25, 0.3) is 0 Å². The van der Waals surface area contributed by atoms with Gasteiger partial charge in [0.2, 0.25) is 0 Å². The van der Waals surface area contributed by atoms with Crippen LogP contribution in [0.5, 0.6) is 5.75 Å². The minimum absolute atomic E-state index is 0.126. The number of halogens is 1. The van der Waals surface area contributed by atoms with E-state index in [0.29, 0.717) is 0 Å². The fourth-order valence-corrected chi connectivity index (χ4v) is 1.87. The Hall–Kier alpha value is -1.35. The molecule has 3 heteroatoms. The lowest BCUT2D eigenvalue weighted by Gasteiger charge is -2.10. The molecule has 0 fully saturated rings. The van der Waals surface area contributed by atoms with E-state index in [2.05, 4.69) is 11.9 Å². The van der Waals surface area contributed by atoms with E-state index in [1.165, 1.54) is 6.07 Å². The molecule has 1 unspecified atom stereocenters. The predicted octanol–water partition coefficient (Wildman–Crippen LogP) is 2.29. The molecule has 0 amide bonds. The minimum atomic E-state index is -0.192. The molecule has 0 saturated heterocycles. The molecule has 0 radical (unpaired) electrons. The molecule has 1 aromatic rings. The number of benzene rings is 1. The van der Waals surface area contributed by atoms with Crippen LogP contribution >= 0.6 is 0 Å². The quantitative estimate of drug-likeness (QED) is 0.608. The molecule has 1 atom stereocenters. The zero-order valence-electron chi connectivity index (χ0n) is 9.21. The first-order chi connectivity index (χ1) is 7.79. The highest BCUT2D eigenvalue weighted by Gasteiger charge is 2.22. The third kappa shape index (κ3) is 2.61. The molecule has 1 heterocycles. The maximum atomic E-state index is 13.0. The van der Waals surface area contributed by atoms with Crippen molar-refractivity contribution in [3.05, 3.63) is 42.2 Å². The Morgan fingerprint density at radius 3 is 3.25 bits per heavy atom. The summed E-state index contributed by atoms with van der Waals surface area (Å²) in [4.78, 5) is 0. The highest BCUT2D eigenvalue weighted by molar-refractivity contribution is 5.37. The molecule has 1 aliphatic heterocycles. The van der Waals surface area contributed by atoms with E-state index in [9.17, 15) is 4.39 Å². The Morgan fingerprint density at radius 2 is 2.44 bits per heavy atom. The summed E-state index contributed by atoms with van der Waals surface area (Å²) in [5, 5.41) is 3.29. The number of fused-ring (bicyclic) bond motifs is 1. The van der Waals surface area contributed by atoms with E-state index < -0.39 is 0 Å². The van der Waals surface area contributed by atoms with Gasteiger partial charge in [-0.25, -0.2) is 4.39 Å². The Labute approximate surface area is 95.1 Å². The van der Waals surface area contributed by atoms with Crippen LogP contribution < -0.4 is 10.1 Å². The summed E-state index contributed by atoms with van der Waals surface area (Å²) in [6, 6.07) is 4.69. The average molecular weight is 221 g/mol. The second-order valence-electron chi connectivity index (χ2n) is 3.98. The van der Waals surface area contributed by atoms with Gasteiger partial charge in [-0.2, -0.15) is 0 Å². The molecule has 0 aromatic heterocycles. The van der Waals surface area contributed by atoms with Crippen LogP contribution in [0.3, 0.4) is 0 Å². The van der Waals surface area contributed by atoms with Gasteiger partial charge in [0.1, 0.15) is 17.7 Å².